The van der Waals surface area contributed by atoms with Gasteiger partial charge in [-0.05, 0) is 18.2 Å². The van der Waals surface area contributed by atoms with Crippen LogP contribution in [0.15, 0.2) is 60.9 Å². The molecule has 0 atom stereocenters. The maximum Gasteiger partial charge on any atom is 0.225 e. The van der Waals surface area contributed by atoms with Gasteiger partial charge in [-0.25, -0.2) is 4.98 Å². The molecule has 0 bridgehead atoms. The minimum atomic E-state index is 0.648. The van der Waals surface area contributed by atoms with E-state index in [-0.39, 0.29) is 0 Å². The summed E-state index contributed by atoms with van der Waals surface area (Å²) < 4.78 is 0. The van der Waals surface area contributed by atoms with Gasteiger partial charge in [-0.2, -0.15) is 4.98 Å². The number of anilines is 2. The lowest BCUT2D eigenvalue weighted by molar-refractivity contribution is 0.270. The van der Waals surface area contributed by atoms with Gasteiger partial charge in [0.15, 0.2) is 0 Å². The van der Waals surface area contributed by atoms with Crippen molar-refractivity contribution in [2.75, 3.05) is 42.9 Å². The fourth-order valence-corrected chi connectivity index (χ4v) is 3.41. The smallest absolute Gasteiger partial charge is 0.225 e. The van der Waals surface area contributed by atoms with E-state index in [4.69, 9.17) is 9.97 Å². The van der Waals surface area contributed by atoms with E-state index in [1.807, 2.05) is 36.5 Å². The standard InChI is InChI=1S/C22H26N6/c1-2-27-11-13-28(14-12-27)21-15-20(19-8-4-3-5-9-19)25-22(26-21)24-17-18-7-6-10-23-16-18/h3-10,15-16H,2,11-14,17H2,1H3,(H,24,25,26). The molecule has 1 aromatic carbocycles. The molecule has 0 aliphatic carbocycles. The van der Waals surface area contributed by atoms with Crippen LogP contribution in [0.4, 0.5) is 11.8 Å². The van der Waals surface area contributed by atoms with Gasteiger partial charge in [0, 0.05) is 56.7 Å². The van der Waals surface area contributed by atoms with Crippen LogP contribution in [0.2, 0.25) is 0 Å². The number of nitrogens with one attached hydrogen (secondary N) is 1. The van der Waals surface area contributed by atoms with Gasteiger partial charge in [0.25, 0.3) is 0 Å². The summed E-state index contributed by atoms with van der Waals surface area (Å²) in [7, 11) is 0. The van der Waals surface area contributed by atoms with E-state index in [0.717, 1.165) is 55.4 Å². The summed E-state index contributed by atoms with van der Waals surface area (Å²) in [5.74, 6) is 1.64. The van der Waals surface area contributed by atoms with Crippen molar-refractivity contribution < 1.29 is 0 Å². The second kappa shape index (κ2) is 8.80. The molecule has 1 fully saturated rings. The lowest BCUT2D eigenvalue weighted by atomic mass is 10.1. The Bertz CT molecular complexity index is 876. The lowest BCUT2D eigenvalue weighted by Gasteiger charge is -2.35. The minimum Gasteiger partial charge on any atom is -0.354 e. The van der Waals surface area contributed by atoms with Crippen LogP contribution in [-0.2, 0) is 6.54 Å². The summed E-state index contributed by atoms with van der Waals surface area (Å²) in [5.41, 5.74) is 3.15. The van der Waals surface area contributed by atoms with Gasteiger partial charge in [-0.3, -0.25) is 4.98 Å². The Balaban J connectivity index is 1.59. The number of hydrogen-bond acceptors (Lipinski definition) is 6. The fourth-order valence-electron chi connectivity index (χ4n) is 3.41. The molecule has 3 aromatic rings. The molecule has 1 saturated heterocycles. The molecule has 0 unspecified atom stereocenters. The molecule has 0 amide bonds. The van der Waals surface area contributed by atoms with Gasteiger partial charge in [0.05, 0.1) is 5.69 Å². The molecule has 6 heteroatoms. The van der Waals surface area contributed by atoms with Crippen LogP contribution in [0, 0.1) is 0 Å². The van der Waals surface area contributed by atoms with E-state index in [2.05, 4.69) is 45.2 Å². The first-order valence-electron chi connectivity index (χ1n) is 9.86. The number of rotatable bonds is 6. The van der Waals surface area contributed by atoms with Crippen molar-refractivity contribution in [2.24, 2.45) is 0 Å². The van der Waals surface area contributed by atoms with E-state index in [0.29, 0.717) is 12.5 Å². The van der Waals surface area contributed by atoms with Crippen LogP contribution in [0.5, 0.6) is 0 Å². The molecule has 0 spiro atoms. The topological polar surface area (TPSA) is 57.2 Å². The third-order valence-corrected chi connectivity index (χ3v) is 5.10. The summed E-state index contributed by atoms with van der Waals surface area (Å²) in [4.78, 5) is 18.6. The Labute approximate surface area is 166 Å². The average Bonchev–Trinajstić information content (AvgIpc) is 2.79. The summed E-state index contributed by atoms with van der Waals surface area (Å²) in [5, 5.41) is 3.37. The van der Waals surface area contributed by atoms with Crippen molar-refractivity contribution in [3.63, 3.8) is 0 Å². The molecule has 2 aromatic heterocycles. The largest absolute Gasteiger partial charge is 0.354 e. The van der Waals surface area contributed by atoms with Crippen molar-refractivity contribution in [3.05, 3.63) is 66.5 Å². The third-order valence-electron chi connectivity index (χ3n) is 5.10. The highest BCUT2D eigenvalue weighted by atomic mass is 15.3. The Morgan fingerprint density at radius 1 is 0.964 bits per heavy atom. The van der Waals surface area contributed by atoms with Gasteiger partial charge < -0.3 is 15.1 Å². The molecule has 0 radical (unpaired) electrons. The lowest BCUT2D eigenvalue weighted by Crippen LogP contribution is -2.46. The van der Waals surface area contributed by atoms with Crippen LogP contribution >= 0.6 is 0 Å². The Kier molecular flexibility index (Phi) is 5.77. The van der Waals surface area contributed by atoms with Crippen molar-refractivity contribution in [2.45, 2.75) is 13.5 Å². The maximum atomic E-state index is 4.81. The van der Waals surface area contributed by atoms with Gasteiger partial charge in [0.2, 0.25) is 5.95 Å². The number of nitrogens with zero attached hydrogens (tertiary/aromatic N) is 5. The molecule has 28 heavy (non-hydrogen) atoms. The van der Waals surface area contributed by atoms with E-state index < -0.39 is 0 Å². The number of aromatic nitrogens is 3. The first kappa shape index (κ1) is 18.4. The van der Waals surface area contributed by atoms with E-state index in [1.165, 1.54) is 0 Å². The van der Waals surface area contributed by atoms with Crippen LogP contribution in [0.1, 0.15) is 12.5 Å². The molecule has 0 saturated carbocycles. The average molecular weight is 374 g/mol. The summed E-state index contributed by atoms with van der Waals surface area (Å²) in [6, 6.07) is 16.4. The van der Waals surface area contributed by atoms with E-state index in [1.54, 1.807) is 6.20 Å². The molecular formula is C22H26N6. The zero-order valence-corrected chi connectivity index (χ0v) is 16.3. The zero-order chi connectivity index (χ0) is 19.2. The molecule has 4 rings (SSSR count). The van der Waals surface area contributed by atoms with Crippen LogP contribution in [0.3, 0.4) is 0 Å². The van der Waals surface area contributed by atoms with E-state index in [9.17, 15) is 0 Å². The van der Waals surface area contributed by atoms with E-state index >= 15 is 0 Å². The normalized spacial score (nSPS) is 14.8. The second-order valence-corrected chi connectivity index (χ2v) is 6.94. The maximum absolute atomic E-state index is 4.81. The first-order chi connectivity index (χ1) is 13.8. The van der Waals surface area contributed by atoms with Crippen molar-refractivity contribution in [1.29, 1.82) is 0 Å². The summed E-state index contributed by atoms with van der Waals surface area (Å²) >= 11 is 0. The minimum absolute atomic E-state index is 0.648. The molecule has 1 N–H and O–H groups in total. The third kappa shape index (κ3) is 4.46. The molecular weight excluding hydrogens is 348 g/mol. The highest BCUT2D eigenvalue weighted by Crippen LogP contribution is 2.24. The van der Waals surface area contributed by atoms with Gasteiger partial charge >= 0.3 is 0 Å². The predicted octanol–water partition coefficient (Wildman–Crippen LogP) is 3.29. The summed E-state index contributed by atoms with van der Waals surface area (Å²) in [6.07, 6.45) is 3.64. The Morgan fingerprint density at radius 2 is 1.79 bits per heavy atom. The second-order valence-electron chi connectivity index (χ2n) is 6.94. The van der Waals surface area contributed by atoms with Crippen molar-refractivity contribution in [1.82, 2.24) is 19.9 Å². The summed E-state index contributed by atoms with van der Waals surface area (Å²) in [6.45, 7) is 8.08. The number of benzene rings is 1. The highest BCUT2D eigenvalue weighted by molar-refractivity contribution is 5.65. The monoisotopic (exact) mass is 374 g/mol. The Morgan fingerprint density at radius 3 is 2.50 bits per heavy atom. The predicted molar refractivity (Wildman–Crippen MR) is 113 cm³/mol. The first-order valence-corrected chi connectivity index (χ1v) is 9.86. The number of pyridine rings is 1. The molecule has 1 aliphatic heterocycles. The quantitative estimate of drug-likeness (QED) is 0.714. The molecule has 144 valence electrons. The number of hydrogen-bond donors (Lipinski definition) is 1. The van der Waals surface area contributed by atoms with Crippen LogP contribution in [-0.4, -0.2) is 52.6 Å². The zero-order valence-electron chi connectivity index (χ0n) is 16.3. The number of piperazine rings is 1. The van der Waals surface area contributed by atoms with Gasteiger partial charge in [0.1, 0.15) is 5.82 Å². The molecule has 1 aliphatic rings. The van der Waals surface area contributed by atoms with Crippen LogP contribution < -0.4 is 10.2 Å². The molecule has 3 heterocycles. The highest BCUT2D eigenvalue weighted by Gasteiger charge is 2.18. The van der Waals surface area contributed by atoms with Gasteiger partial charge in [-0.15, -0.1) is 0 Å². The Hall–Kier alpha value is -2.99. The van der Waals surface area contributed by atoms with Crippen molar-refractivity contribution in [3.8, 4) is 11.3 Å². The number of likely N-dealkylation sites (N-methyl/N-ethyl adjacent to an activating group) is 1. The fraction of sp³-hybridized carbons (Fsp3) is 0.318. The SMILES string of the molecule is CCN1CCN(c2cc(-c3ccccc3)nc(NCc3cccnc3)n2)CC1. The van der Waals surface area contributed by atoms with Crippen LogP contribution in [0.25, 0.3) is 11.3 Å². The van der Waals surface area contributed by atoms with Crippen molar-refractivity contribution >= 4 is 11.8 Å². The van der Waals surface area contributed by atoms with Gasteiger partial charge in [-0.1, -0.05) is 43.3 Å². The molecule has 6 nitrogen and oxygen atoms in total.